The molecule has 0 bridgehead atoms. The van der Waals surface area contributed by atoms with Gasteiger partial charge in [0, 0.05) is 31.8 Å². The predicted octanol–water partition coefficient (Wildman–Crippen LogP) is 3.76. The van der Waals surface area contributed by atoms with Gasteiger partial charge in [0.2, 0.25) is 0 Å². The Hall–Kier alpha value is -1.61. The van der Waals surface area contributed by atoms with Crippen LogP contribution in [0.1, 0.15) is 32.8 Å². The van der Waals surface area contributed by atoms with Gasteiger partial charge >= 0.3 is 0 Å². The van der Waals surface area contributed by atoms with Crippen molar-refractivity contribution >= 4 is 16.6 Å². The van der Waals surface area contributed by atoms with Gasteiger partial charge in [0.25, 0.3) is 0 Å². The first-order valence-corrected chi connectivity index (χ1v) is 7.66. The van der Waals surface area contributed by atoms with Crippen molar-refractivity contribution < 1.29 is 4.74 Å². The second-order valence-corrected chi connectivity index (χ2v) is 6.91. The van der Waals surface area contributed by atoms with Crippen LogP contribution >= 0.6 is 0 Å². The van der Waals surface area contributed by atoms with Crippen LogP contribution in [0.2, 0.25) is 0 Å². The van der Waals surface area contributed by atoms with E-state index >= 15 is 0 Å². The van der Waals surface area contributed by atoms with Crippen LogP contribution in [-0.4, -0.2) is 31.3 Å². The van der Waals surface area contributed by atoms with E-state index in [2.05, 4.69) is 49.9 Å². The third kappa shape index (κ3) is 2.75. The summed E-state index contributed by atoms with van der Waals surface area (Å²) in [6.07, 6.45) is 3.45. The molecule has 2 aromatic rings. The van der Waals surface area contributed by atoms with Crippen molar-refractivity contribution in [2.24, 2.45) is 0 Å². The minimum absolute atomic E-state index is 0.136. The first-order chi connectivity index (χ1) is 9.99. The third-order valence-corrected chi connectivity index (χ3v) is 4.36. The fourth-order valence-electron chi connectivity index (χ4n) is 3.12. The van der Waals surface area contributed by atoms with Gasteiger partial charge in [0.1, 0.15) is 5.82 Å². The Bertz CT molecular complexity index is 645. The summed E-state index contributed by atoms with van der Waals surface area (Å²) in [7, 11) is 1.79. The van der Waals surface area contributed by atoms with Crippen molar-refractivity contribution in [2.75, 3.05) is 25.1 Å². The molecular weight excluding hydrogens is 260 g/mol. The summed E-state index contributed by atoms with van der Waals surface area (Å²) in [5, 5.41) is 2.53. The van der Waals surface area contributed by atoms with E-state index in [9.17, 15) is 0 Å². The minimum Gasteiger partial charge on any atom is -0.380 e. The lowest BCUT2D eigenvalue weighted by molar-refractivity contribution is 0.121. The predicted molar refractivity (Wildman–Crippen MR) is 88.1 cm³/mol. The summed E-state index contributed by atoms with van der Waals surface area (Å²) in [6, 6.07) is 8.75. The van der Waals surface area contributed by atoms with Gasteiger partial charge in [-0.15, -0.1) is 0 Å². The number of anilines is 1. The molecule has 0 amide bonds. The zero-order valence-corrected chi connectivity index (χ0v) is 13.4. The fraction of sp³-hybridized carbons (Fsp3) is 0.500. The van der Waals surface area contributed by atoms with E-state index in [0.29, 0.717) is 6.10 Å². The molecule has 1 aliphatic rings. The Morgan fingerprint density at radius 1 is 1.29 bits per heavy atom. The molecule has 1 aliphatic heterocycles. The Kier molecular flexibility index (Phi) is 3.62. The molecular formula is C18H24N2O. The number of fused-ring (bicyclic) bond motifs is 1. The topological polar surface area (TPSA) is 25.4 Å². The van der Waals surface area contributed by atoms with Gasteiger partial charge in [-0.1, -0.05) is 39.0 Å². The van der Waals surface area contributed by atoms with Crippen molar-refractivity contribution in [3.63, 3.8) is 0 Å². The first kappa shape index (κ1) is 14.3. The number of ether oxygens (including phenoxy) is 1. The standard InChI is InChI=1S/C18H24N2O/c1-18(2,3)16-7-5-6-13-10-17(19-11-15(13)16)20-9-8-14(12-20)21-4/h5-7,10-11,14H,8-9,12H2,1-4H3/t14-/m0/s1. The molecule has 1 aromatic carbocycles. The van der Waals surface area contributed by atoms with Crippen LogP contribution in [0.5, 0.6) is 0 Å². The fourth-order valence-corrected chi connectivity index (χ4v) is 3.12. The molecule has 0 saturated carbocycles. The molecule has 21 heavy (non-hydrogen) atoms. The van der Waals surface area contributed by atoms with Gasteiger partial charge in [0.05, 0.1) is 6.10 Å². The molecule has 3 rings (SSSR count). The zero-order valence-electron chi connectivity index (χ0n) is 13.4. The molecule has 0 unspecified atom stereocenters. The third-order valence-electron chi connectivity index (χ3n) is 4.36. The summed E-state index contributed by atoms with van der Waals surface area (Å²) < 4.78 is 5.44. The average Bonchev–Trinajstić information content (AvgIpc) is 2.94. The molecule has 0 radical (unpaired) electrons. The Morgan fingerprint density at radius 3 is 2.76 bits per heavy atom. The van der Waals surface area contributed by atoms with Crippen molar-refractivity contribution in [3.8, 4) is 0 Å². The van der Waals surface area contributed by atoms with Crippen molar-refractivity contribution in [2.45, 2.75) is 38.7 Å². The van der Waals surface area contributed by atoms with Gasteiger partial charge < -0.3 is 9.64 Å². The molecule has 1 aromatic heterocycles. The smallest absolute Gasteiger partial charge is 0.129 e. The van der Waals surface area contributed by atoms with Crippen LogP contribution in [-0.2, 0) is 10.2 Å². The molecule has 3 nitrogen and oxygen atoms in total. The summed E-state index contributed by atoms with van der Waals surface area (Å²) in [5.41, 5.74) is 1.49. The van der Waals surface area contributed by atoms with E-state index in [-0.39, 0.29) is 5.41 Å². The number of hydrogen-bond donors (Lipinski definition) is 0. The maximum atomic E-state index is 5.44. The van der Waals surface area contributed by atoms with Crippen LogP contribution in [0.25, 0.3) is 10.8 Å². The maximum absolute atomic E-state index is 5.44. The Morgan fingerprint density at radius 2 is 2.10 bits per heavy atom. The number of hydrogen-bond acceptors (Lipinski definition) is 3. The summed E-state index contributed by atoms with van der Waals surface area (Å²) in [5.74, 6) is 1.06. The van der Waals surface area contributed by atoms with E-state index in [4.69, 9.17) is 9.72 Å². The van der Waals surface area contributed by atoms with Crippen LogP contribution in [0.3, 0.4) is 0 Å². The van der Waals surface area contributed by atoms with E-state index in [0.717, 1.165) is 25.3 Å². The lowest BCUT2D eigenvalue weighted by Gasteiger charge is -2.22. The van der Waals surface area contributed by atoms with E-state index in [1.165, 1.54) is 16.3 Å². The molecule has 1 atom stereocenters. The zero-order chi connectivity index (χ0) is 15.0. The van der Waals surface area contributed by atoms with Crippen LogP contribution in [0.4, 0.5) is 5.82 Å². The second-order valence-electron chi connectivity index (χ2n) is 6.91. The highest BCUT2D eigenvalue weighted by atomic mass is 16.5. The normalized spacial score (nSPS) is 19.4. The number of pyridine rings is 1. The highest BCUT2D eigenvalue weighted by Gasteiger charge is 2.23. The van der Waals surface area contributed by atoms with Gasteiger partial charge in [-0.3, -0.25) is 0 Å². The molecule has 2 heterocycles. The van der Waals surface area contributed by atoms with Gasteiger partial charge in [-0.2, -0.15) is 0 Å². The van der Waals surface area contributed by atoms with E-state index < -0.39 is 0 Å². The number of aromatic nitrogens is 1. The number of rotatable bonds is 2. The summed E-state index contributed by atoms with van der Waals surface area (Å²) in [6.45, 7) is 8.71. The van der Waals surface area contributed by atoms with Crippen LogP contribution < -0.4 is 4.90 Å². The van der Waals surface area contributed by atoms with Gasteiger partial charge in [-0.05, 0) is 28.9 Å². The maximum Gasteiger partial charge on any atom is 0.129 e. The van der Waals surface area contributed by atoms with Crippen molar-refractivity contribution in [3.05, 3.63) is 36.0 Å². The van der Waals surface area contributed by atoms with Crippen LogP contribution in [0, 0.1) is 0 Å². The lowest BCUT2D eigenvalue weighted by Crippen LogP contribution is -2.23. The molecule has 112 valence electrons. The molecule has 0 N–H and O–H groups in total. The largest absolute Gasteiger partial charge is 0.380 e. The van der Waals surface area contributed by atoms with E-state index in [1.54, 1.807) is 7.11 Å². The molecule has 3 heteroatoms. The van der Waals surface area contributed by atoms with Crippen molar-refractivity contribution in [1.82, 2.24) is 4.98 Å². The minimum atomic E-state index is 0.136. The molecule has 0 aliphatic carbocycles. The highest BCUT2D eigenvalue weighted by molar-refractivity contribution is 5.87. The summed E-state index contributed by atoms with van der Waals surface area (Å²) in [4.78, 5) is 7.02. The number of methoxy groups -OCH3 is 1. The first-order valence-electron chi connectivity index (χ1n) is 7.66. The second kappa shape index (κ2) is 5.30. The van der Waals surface area contributed by atoms with Crippen LogP contribution in [0.15, 0.2) is 30.5 Å². The van der Waals surface area contributed by atoms with Crippen molar-refractivity contribution in [1.29, 1.82) is 0 Å². The Balaban J connectivity index is 1.98. The number of nitrogens with zero attached hydrogens (tertiary/aromatic N) is 2. The lowest BCUT2D eigenvalue weighted by atomic mass is 9.84. The quantitative estimate of drug-likeness (QED) is 0.839. The highest BCUT2D eigenvalue weighted by Crippen LogP contribution is 2.31. The number of benzene rings is 1. The van der Waals surface area contributed by atoms with Gasteiger partial charge in [-0.25, -0.2) is 4.98 Å². The molecule has 1 saturated heterocycles. The molecule has 0 spiro atoms. The van der Waals surface area contributed by atoms with Gasteiger partial charge in [0.15, 0.2) is 0 Å². The Labute approximate surface area is 126 Å². The SMILES string of the molecule is CO[C@H]1CCN(c2cc3cccc(C(C)(C)C)c3cn2)C1. The molecule has 1 fully saturated rings. The summed E-state index contributed by atoms with van der Waals surface area (Å²) >= 11 is 0. The monoisotopic (exact) mass is 284 g/mol. The average molecular weight is 284 g/mol. The van der Waals surface area contributed by atoms with E-state index in [1.807, 2.05) is 6.20 Å².